The molecular weight excluding hydrogens is 236 g/mol. The van der Waals surface area contributed by atoms with Gasteiger partial charge in [0.25, 0.3) is 0 Å². The zero-order valence-electron chi connectivity index (χ0n) is 9.88. The summed E-state index contributed by atoms with van der Waals surface area (Å²) in [7, 11) is 0. The van der Waals surface area contributed by atoms with E-state index in [1.165, 1.54) is 12.1 Å². The molecule has 0 unspecified atom stereocenters. The number of hydrogen-bond donors (Lipinski definition) is 3. The molecule has 1 rings (SSSR count). The molecule has 3 N–H and O–H groups in total. The number of rotatable bonds is 6. The third-order valence-corrected chi connectivity index (χ3v) is 2.21. The van der Waals surface area contributed by atoms with Crippen LogP contribution in [-0.4, -0.2) is 27.9 Å². The lowest BCUT2D eigenvalue weighted by molar-refractivity contribution is -0.136. The van der Waals surface area contributed by atoms with Crippen molar-refractivity contribution in [2.24, 2.45) is 5.10 Å². The van der Waals surface area contributed by atoms with Crippen molar-refractivity contribution in [1.82, 2.24) is 0 Å². The first-order chi connectivity index (χ1) is 8.49. The normalized spacial score (nSPS) is 11.1. The maximum absolute atomic E-state index is 10.6. The van der Waals surface area contributed by atoms with Gasteiger partial charge in [-0.05, 0) is 37.6 Å². The monoisotopic (exact) mass is 250 g/mol. The lowest BCUT2D eigenvalue weighted by atomic mass is 10.2. The van der Waals surface area contributed by atoms with Gasteiger partial charge in [0, 0.05) is 5.71 Å². The van der Waals surface area contributed by atoms with E-state index in [0.29, 0.717) is 17.8 Å². The molecule has 6 nitrogen and oxygen atoms in total. The van der Waals surface area contributed by atoms with Gasteiger partial charge in [0.2, 0.25) is 0 Å². The van der Waals surface area contributed by atoms with Crippen LogP contribution in [0.25, 0.3) is 0 Å². The van der Waals surface area contributed by atoms with Gasteiger partial charge in [-0.15, -0.1) is 0 Å². The number of nitrogens with one attached hydrogen (secondary N) is 1. The van der Waals surface area contributed by atoms with Crippen LogP contribution in [0.4, 0.5) is 5.69 Å². The molecule has 0 saturated carbocycles. The zero-order valence-corrected chi connectivity index (χ0v) is 9.88. The van der Waals surface area contributed by atoms with Gasteiger partial charge in [0.15, 0.2) is 0 Å². The maximum Gasteiger partial charge on any atom is 0.335 e. The van der Waals surface area contributed by atoms with Crippen molar-refractivity contribution in [2.45, 2.75) is 19.8 Å². The number of aromatic carboxylic acids is 1. The molecular formula is C12H14N2O4. The number of anilines is 1. The molecule has 0 heterocycles. The standard InChI is InChI=1S/C12H14N2O4/c1-8(2-7-11(15)16)13-14-10-5-3-9(4-6-10)12(17)18/h3-6,14H,2,7H2,1H3,(H,15,16)(H,17,18)/b13-8+. The van der Waals surface area contributed by atoms with Gasteiger partial charge in [-0.1, -0.05) is 0 Å². The molecule has 0 aliphatic heterocycles. The molecule has 0 aromatic heterocycles. The Labute approximate surface area is 104 Å². The Hall–Kier alpha value is -2.37. The highest BCUT2D eigenvalue weighted by atomic mass is 16.4. The van der Waals surface area contributed by atoms with Crippen molar-refractivity contribution in [1.29, 1.82) is 0 Å². The predicted octanol–water partition coefficient (Wildman–Crippen LogP) is 2.04. The number of carboxylic acids is 2. The summed E-state index contributed by atoms with van der Waals surface area (Å²) in [4.78, 5) is 21.0. The first kappa shape index (κ1) is 13.7. The summed E-state index contributed by atoms with van der Waals surface area (Å²) < 4.78 is 0. The molecule has 1 aromatic rings. The Bertz CT molecular complexity index is 465. The molecule has 1 aromatic carbocycles. The molecule has 0 atom stereocenters. The first-order valence-electron chi connectivity index (χ1n) is 5.33. The molecule has 0 bridgehead atoms. The topological polar surface area (TPSA) is 99.0 Å². The Morgan fingerprint density at radius 3 is 2.28 bits per heavy atom. The SMILES string of the molecule is C/C(CCC(=O)O)=N\Nc1ccc(C(=O)O)cc1. The number of carbonyl (C=O) groups is 2. The van der Waals surface area contributed by atoms with Gasteiger partial charge in [-0.3, -0.25) is 10.2 Å². The third-order valence-electron chi connectivity index (χ3n) is 2.21. The van der Waals surface area contributed by atoms with Crippen LogP contribution in [0.2, 0.25) is 0 Å². The third kappa shape index (κ3) is 4.65. The molecule has 0 saturated heterocycles. The van der Waals surface area contributed by atoms with Crippen LogP contribution in [0.3, 0.4) is 0 Å². The minimum Gasteiger partial charge on any atom is -0.481 e. The molecule has 0 fully saturated rings. The van der Waals surface area contributed by atoms with E-state index in [1.807, 2.05) is 0 Å². The number of hydrazone groups is 1. The lowest BCUT2D eigenvalue weighted by Gasteiger charge is -2.03. The summed E-state index contributed by atoms with van der Waals surface area (Å²) in [5.74, 6) is -1.85. The second-order valence-electron chi connectivity index (χ2n) is 3.74. The van der Waals surface area contributed by atoms with Crippen molar-refractivity contribution in [3.63, 3.8) is 0 Å². The molecule has 0 aliphatic rings. The average molecular weight is 250 g/mol. The molecule has 0 radical (unpaired) electrons. The minimum absolute atomic E-state index is 0.0367. The number of carboxylic acid groups (broad SMARTS) is 2. The molecule has 96 valence electrons. The van der Waals surface area contributed by atoms with Gasteiger partial charge in [0.1, 0.15) is 0 Å². The Balaban J connectivity index is 2.54. The van der Waals surface area contributed by atoms with Crippen LogP contribution in [0.15, 0.2) is 29.4 Å². The van der Waals surface area contributed by atoms with E-state index < -0.39 is 11.9 Å². The zero-order chi connectivity index (χ0) is 13.5. The fourth-order valence-corrected chi connectivity index (χ4v) is 1.19. The van der Waals surface area contributed by atoms with Crippen LogP contribution in [-0.2, 0) is 4.79 Å². The summed E-state index contributed by atoms with van der Waals surface area (Å²) in [6, 6.07) is 6.12. The van der Waals surface area contributed by atoms with Crippen molar-refractivity contribution in [3.8, 4) is 0 Å². The largest absolute Gasteiger partial charge is 0.481 e. The van der Waals surface area contributed by atoms with Crippen molar-refractivity contribution >= 4 is 23.3 Å². The van der Waals surface area contributed by atoms with E-state index in [-0.39, 0.29) is 12.0 Å². The molecule has 0 spiro atoms. The summed E-state index contributed by atoms with van der Waals surface area (Å²) >= 11 is 0. The smallest absolute Gasteiger partial charge is 0.335 e. The summed E-state index contributed by atoms with van der Waals surface area (Å²) in [5, 5.41) is 21.2. The van der Waals surface area contributed by atoms with Gasteiger partial charge >= 0.3 is 11.9 Å². The van der Waals surface area contributed by atoms with Gasteiger partial charge in [0.05, 0.1) is 17.7 Å². The van der Waals surface area contributed by atoms with Crippen molar-refractivity contribution in [2.75, 3.05) is 5.43 Å². The quantitative estimate of drug-likeness (QED) is 0.530. The summed E-state index contributed by atoms with van der Waals surface area (Å²) in [6.07, 6.45) is 0.407. The van der Waals surface area contributed by atoms with Crippen molar-refractivity contribution < 1.29 is 19.8 Å². The van der Waals surface area contributed by atoms with Crippen LogP contribution in [0.5, 0.6) is 0 Å². The average Bonchev–Trinajstić information content (AvgIpc) is 2.34. The van der Waals surface area contributed by atoms with Gasteiger partial charge in [-0.2, -0.15) is 5.10 Å². The second kappa shape index (κ2) is 6.39. The van der Waals surface area contributed by atoms with E-state index in [1.54, 1.807) is 19.1 Å². The highest BCUT2D eigenvalue weighted by molar-refractivity contribution is 5.88. The van der Waals surface area contributed by atoms with E-state index in [4.69, 9.17) is 10.2 Å². The predicted molar refractivity (Wildman–Crippen MR) is 67.0 cm³/mol. The van der Waals surface area contributed by atoms with Crippen molar-refractivity contribution in [3.05, 3.63) is 29.8 Å². The van der Waals surface area contributed by atoms with E-state index >= 15 is 0 Å². The molecule has 18 heavy (non-hydrogen) atoms. The Kier molecular flexibility index (Phi) is 4.86. The van der Waals surface area contributed by atoms with E-state index in [2.05, 4.69) is 10.5 Å². The van der Waals surface area contributed by atoms with Crippen LogP contribution < -0.4 is 5.43 Å². The Morgan fingerprint density at radius 2 is 1.78 bits per heavy atom. The highest BCUT2D eigenvalue weighted by Gasteiger charge is 2.01. The minimum atomic E-state index is -0.984. The fraction of sp³-hybridized carbons (Fsp3) is 0.250. The van der Waals surface area contributed by atoms with E-state index in [0.717, 1.165) is 0 Å². The van der Waals surface area contributed by atoms with E-state index in [9.17, 15) is 9.59 Å². The lowest BCUT2D eigenvalue weighted by Crippen LogP contribution is -2.02. The summed E-state index contributed by atoms with van der Waals surface area (Å²) in [6.45, 7) is 1.72. The van der Waals surface area contributed by atoms with Gasteiger partial charge in [-0.25, -0.2) is 4.79 Å². The second-order valence-corrected chi connectivity index (χ2v) is 3.74. The van der Waals surface area contributed by atoms with Crippen LogP contribution in [0, 0.1) is 0 Å². The fourth-order valence-electron chi connectivity index (χ4n) is 1.19. The van der Waals surface area contributed by atoms with Crippen LogP contribution >= 0.6 is 0 Å². The molecule has 6 heteroatoms. The van der Waals surface area contributed by atoms with Gasteiger partial charge < -0.3 is 10.2 Å². The number of benzene rings is 1. The molecule has 0 aliphatic carbocycles. The Morgan fingerprint density at radius 1 is 1.17 bits per heavy atom. The maximum atomic E-state index is 10.6. The number of aliphatic carboxylic acids is 1. The highest BCUT2D eigenvalue weighted by Crippen LogP contribution is 2.09. The number of hydrogen-bond acceptors (Lipinski definition) is 4. The number of nitrogens with zero attached hydrogens (tertiary/aromatic N) is 1. The summed E-state index contributed by atoms with van der Waals surface area (Å²) in [5.41, 5.74) is 4.25. The van der Waals surface area contributed by atoms with Crippen LogP contribution in [0.1, 0.15) is 30.1 Å². The first-order valence-corrected chi connectivity index (χ1v) is 5.33. The molecule has 0 amide bonds.